The maximum absolute atomic E-state index is 6.93. The summed E-state index contributed by atoms with van der Waals surface area (Å²) in [6.07, 6.45) is 0. The van der Waals surface area contributed by atoms with Crippen LogP contribution in [0.2, 0.25) is 0 Å². The first-order valence-electron chi connectivity index (χ1n) is 19.8. The first-order chi connectivity index (χ1) is 28.8. The van der Waals surface area contributed by atoms with Crippen molar-refractivity contribution in [2.24, 2.45) is 0 Å². The van der Waals surface area contributed by atoms with Gasteiger partial charge in [0.25, 0.3) is 0 Å². The van der Waals surface area contributed by atoms with Crippen molar-refractivity contribution in [2.45, 2.75) is 0 Å². The van der Waals surface area contributed by atoms with E-state index in [4.69, 9.17) is 4.42 Å². The number of hydrogen-bond acceptors (Lipinski definition) is 2. The molecule has 11 aromatic rings. The highest BCUT2D eigenvalue weighted by molar-refractivity contribution is 6.19. The van der Waals surface area contributed by atoms with Crippen molar-refractivity contribution >= 4 is 60.5 Å². The lowest BCUT2D eigenvalue weighted by atomic mass is 9.92. The lowest BCUT2D eigenvalue weighted by Crippen LogP contribution is -2.12. The van der Waals surface area contributed by atoms with Gasteiger partial charge in [0.05, 0.1) is 16.8 Å². The van der Waals surface area contributed by atoms with E-state index >= 15 is 0 Å². The molecule has 0 spiro atoms. The third-order valence-corrected chi connectivity index (χ3v) is 11.5. The molecule has 0 saturated heterocycles. The molecule has 2 heteroatoms. The van der Waals surface area contributed by atoms with E-state index in [1.165, 1.54) is 49.4 Å². The van der Waals surface area contributed by atoms with Gasteiger partial charge in [0, 0.05) is 22.2 Å². The summed E-state index contributed by atoms with van der Waals surface area (Å²) in [4.78, 5) is 2.43. The first-order valence-corrected chi connectivity index (χ1v) is 19.8. The Hall–Kier alpha value is -7.68. The fourth-order valence-electron chi connectivity index (χ4n) is 8.83. The van der Waals surface area contributed by atoms with Crippen molar-refractivity contribution in [1.82, 2.24) is 0 Å². The van der Waals surface area contributed by atoms with Crippen LogP contribution in [0.3, 0.4) is 0 Å². The van der Waals surface area contributed by atoms with E-state index in [9.17, 15) is 0 Å². The normalized spacial score (nSPS) is 11.4. The second-order valence-electron chi connectivity index (χ2n) is 14.8. The Morgan fingerprint density at radius 2 is 0.828 bits per heavy atom. The summed E-state index contributed by atoms with van der Waals surface area (Å²) in [6, 6.07) is 80.6. The molecule has 1 heterocycles. The van der Waals surface area contributed by atoms with E-state index in [2.05, 4.69) is 229 Å². The lowest BCUT2D eigenvalue weighted by Gasteiger charge is -2.29. The largest absolute Gasteiger partial charge is 0.455 e. The van der Waals surface area contributed by atoms with Crippen molar-refractivity contribution in [3.8, 4) is 44.5 Å². The molecule has 0 aliphatic heterocycles. The van der Waals surface area contributed by atoms with Crippen LogP contribution in [0.1, 0.15) is 0 Å². The number of anilines is 3. The summed E-state index contributed by atoms with van der Waals surface area (Å²) in [5, 5.41) is 7.03. The van der Waals surface area contributed by atoms with E-state index in [1.807, 2.05) is 0 Å². The molecular weight excluding hydrogens is 703 g/mol. The van der Waals surface area contributed by atoms with Crippen molar-refractivity contribution in [2.75, 3.05) is 4.90 Å². The molecule has 0 unspecified atom stereocenters. The van der Waals surface area contributed by atoms with Gasteiger partial charge in [-0.3, -0.25) is 0 Å². The van der Waals surface area contributed by atoms with Gasteiger partial charge in [0.15, 0.2) is 0 Å². The monoisotopic (exact) mass is 739 g/mol. The average molecular weight is 740 g/mol. The Morgan fingerprint density at radius 3 is 1.59 bits per heavy atom. The van der Waals surface area contributed by atoms with Crippen LogP contribution in [0.25, 0.3) is 88.0 Å². The molecule has 0 saturated carbocycles. The Morgan fingerprint density at radius 1 is 0.293 bits per heavy atom. The maximum atomic E-state index is 6.93. The Labute approximate surface area is 337 Å². The molecule has 10 aromatic carbocycles. The molecule has 0 bridgehead atoms. The van der Waals surface area contributed by atoms with Crippen LogP contribution in [0.15, 0.2) is 229 Å². The van der Waals surface area contributed by atoms with Crippen LogP contribution in [-0.4, -0.2) is 0 Å². The van der Waals surface area contributed by atoms with Crippen molar-refractivity contribution in [3.63, 3.8) is 0 Å². The summed E-state index contributed by atoms with van der Waals surface area (Å²) < 4.78 is 6.93. The first kappa shape index (κ1) is 33.6. The van der Waals surface area contributed by atoms with Crippen molar-refractivity contribution in [1.29, 1.82) is 0 Å². The summed E-state index contributed by atoms with van der Waals surface area (Å²) in [7, 11) is 0. The predicted molar refractivity (Wildman–Crippen MR) is 245 cm³/mol. The fourth-order valence-corrected chi connectivity index (χ4v) is 8.83. The van der Waals surface area contributed by atoms with Gasteiger partial charge in [-0.15, -0.1) is 0 Å². The molecule has 0 aliphatic carbocycles. The van der Waals surface area contributed by atoms with Crippen LogP contribution in [0.4, 0.5) is 17.1 Å². The Kier molecular flexibility index (Phi) is 8.19. The van der Waals surface area contributed by atoms with E-state index in [1.54, 1.807) is 0 Å². The van der Waals surface area contributed by atoms with Crippen molar-refractivity contribution in [3.05, 3.63) is 224 Å². The van der Waals surface area contributed by atoms with E-state index in [0.717, 1.165) is 55.7 Å². The Balaban J connectivity index is 1.18. The minimum Gasteiger partial charge on any atom is -0.455 e. The molecule has 1 aromatic heterocycles. The summed E-state index contributed by atoms with van der Waals surface area (Å²) >= 11 is 0. The zero-order chi connectivity index (χ0) is 38.4. The van der Waals surface area contributed by atoms with Gasteiger partial charge in [0.2, 0.25) is 0 Å². The van der Waals surface area contributed by atoms with Crippen LogP contribution in [-0.2, 0) is 0 Å². The van der Waals surface area contributed by atoms with E-state index in [-0.39, 0.29) is 0 Å². The SMILES string of the molecule is c1ccc(-c2ccccc2-c2ccccc2N(c2ccc(-c3cccc4ccccc34)cc2)c2ccc(-c3cccc4ccccc34)c3oc4ccccc4c23)cc1. The molecule has 0 N–H and O–H groups in total. The van der Waals surface area contributed by atoms with Gasteiger partial charge in [-0.2, -0.15) is 0 Å². The molecule has 0 fully saturated rings. The zero-order valence-corrected chi connectivity index (χ0v) is 31.7. The van der Waals surface area contributed by atoms with Gasteiger partial charge < -0.3 is 9.32 Å². The Bertz CT molecular complexity index is 3270. The second kappa shape index (κ2) is 14.1. The molecule has 2 nitrogen and oxygen atoms in total. The van der Waals surface area contributed by atoms with Crippen molar-refractivity contribution < 1.29 is 4.42 Å². The fraction of sp³-hybridized carbons (Fsp3) is 0. The van der Waals surface area contributed by atoms with Gasteiger partial charge in [0.1, 0.15) is 11.2 Å². The summed E-state index contributed by atoms with van der Waals surface area (Å²) in [6.45, 7) is 0. The maximum Gasteiger partial charge on any atom is 0.145 e. The highest BCUT2D eigenvalue weighted by Gasteiger charge is 2.25. The van der Waals surface area contributed by atoms with Gasteiger partial charge in [-0.25, -0.2) is 0 Å². The minimum absolute atomic E-state index is 0.861. The third kappa shape index (κ3) is 5.66. The molecular formula is C56H37NO. The van der Waals surface area contributed by atoms with Crippen LogP contribution in [0, 0.1) is 0 Å². The topological polar surface area (TPSA) is 16.4 Å². The predicted octanol–water partition coefficient (Wildman–Crippen LogP) is 16.0. The molecule has 0 amide bonds. The number of nitrogens with zero attached hydrogens (tertiary/aromatic N) is 1. The number of rotatable bonds is 7. The zero-order valence-electron chi connectivity index (χ0n) is 31.7. The molecule has 0 atom stereocenters. The number of benzene rings is 10. The number of para-hydroxylation sites is 2. The molecule has 272 valence electrons. The minimum atomic E-state index is 0.861. The van der Waals surface area contributed by atoms with Crippen LogP contribution in [0.5, 0.6) is 0 Å². The van der Waals surface area contributed by atoms with E-state index in [0.29, 0.717) is 0 Å². The number of fused-ring (bicyclic) bond motifs is 5. The molecule has 11 rings (SSSR count). The van der Waals surface area contributed by atoms with Gasteiger partial charge >= 0.3 is 0 Å². The number of furan rings is 1. The molecule has 0 aliphatic rings. The second-order valence-corrected chi connectivity index (χ2v) is 14.8. The third-order valence-electron chi connectivity index (χ3n) is 11.5. The van der Waals surface area contributed by atoms with Crippen LogP contribution >= 0.6 is 0 Å². The number of hydrogen-bond donors (Lipinski definition) is 0. The lowest BCUT2D eigenvalue weighted by molar-refractivity contribution is 0.670. The molecule has 58 heavy (non-hydrogen) atoms. The molecule has 0 radical (unpaired) electrons. The van der Waals surface area contributed by atoms with Crippen LogP contribution < -0.4 is 4.90 Å². The van der Waals surface area contributed by atoms with Gasteiger partial charge in [-0.1, -0.05) is 188 Å². The highest BCUT2D eigenvalue weighted by Crippen LogP contribution is 2.50. The smallest absolute Gasteiger partial charge is 0.145 e. The average Bonchev–Trinajstić information content (AvgIpc) is 3.70. The standard InChI is InChI=1S/C56H37NO/c1-2-16-38(17-3-1)45-24-8-9-25-47(45)49-26-10-12-30-52(49)57(42-34-32-41(33-35-42)44-28-14-20-39-18-4-6-22-43(39)44)53-37-36-50(48-29-15-21-40-19-5-7-23-46(40)48)56-55(53)51-27-11-13-31-54(51)58-56/h1-37H. The highest BCUT2D eigenvalue weighted by atomic mass is 16.3. The summed E-state index contributed by atoms with van der Waals surface area (Å²) in [5.74, 6) is 0. The summed E-state index contributed by atoms with van der Waals surface area (Å²) in [5.41, 5.74) is 14.2. The quantitative estimate of drug-likeness (QED) is 0.162. The van der Waals surface area contributed by atoms with Gasteiger partial charge in [-0.05, 0) is 91.3 Å². The van der Waals surface area contributed by atoms with E-state index < -0.39 is 0 Å².